The Morgan fingerprint density at radius 2 is 1.45 bits per heavy atom. The highest BCUT2D eigenvalue weighted by molar-refractivity contribution is 5.90. The molecule has 0 fully saturated rings. The molecule has 2 aromatic carbocycles. The molecule has 11 heteroatoms. The Labute approximate surface area is 234 Å². The van der Waals surface area contributed by atoms with Gasteiger partial charge in [-0.1, -0.05) is 6.07 Å². The third-order valence-electron chi connectivity index (χ3n) is 6.47. The predicted molar refractivity (Wildman–Crippen MR) is 146 cm³/mol. The number of carbonyl (C=O) groups excluding carboxylic acids is 3. The summed E-state index contributed by atoms with van der Waals surface area (Å²) in [6, 6.07) is 6.82. The zero-order valence-electron chi connectivity index (χ0n) is 24.3. The van der Waals surface area contributed by atoms with E-state index in [2.05, 4.69) is 5.32 Å². The lowest BCUT2D eigenvalue weighted by atomic mass is 9.92. The van der Waals surface area contributed by atoms with E-state index in [0.29, 0.717) is 28.6 Å². The minimum absolute atomic E-state index is 0.0900. The summed E-state index contributed by atoms with van der Waals surface area (Å²) in [7, 11) is 7.37. The van der Waals surface area contributed by atoms with Crippen LogP contribution >= 0.6 is 0 Å². The van der Waals surface area contributed by atoms with Crippen LogP contribution < -0.4 is 24.3 Å². The molecule has 0 aromatic heterocycles. The maximum atomic E-state index is 14.1. The molecular weight excluding hydrogens is 520 g/mol. The van der Waals surface area contributed by atoms with Crippen molar-refractivity contribution in [1.29, 1.82) is 0 Å². The van der Waals surface area contributed by atoms with Gasteiger partial charge in [-0.3, -0.25) is 4.79 Å². The quantitative estimate of drug-likeness (QED) is 0.462. The van der Waals surface area contributed by atoms with Gasteiger partial charge in [-0.05, 0) is 61.7 Å². The first kappa shape index (κ1) is 30.4. The molecule has 1 aliphatic heterocycles. The van der Waals surface area contributed by atoms with E-state index in [4.69, 9.17) is 28.4 Å². The van der Waals surface area contributed by atoms with Gasteiger partial charge in [-0.15, -0.1) is 0 Å². The van der Waals surface area contributed by atoms with Gasteiger partial charge in [-0.25, -0.2) is 9.59 Å². The maximum absolute atomic E-state index is 14.1. The van der Waals surface area contributed by atoms with Crippen LogP contribution in [0.4, 0.5) is 4.79 Å². The molecule has 0 saturated heterocycles. The highest BCUT2D eigenvalue weighted by Crippen LogP contribution is 2.35. The van der Waals surface area contributed by atoms with Crippen LogP contribution in [0.15, 0.2) is 30.3 Å². The Morgan fingerprint density at radius 1 is 0.875 bits per heavy atom. The van der Waals surface area contributed by atoms with Gasteiger partial charge < -0.3 is 38.6 Å². The fourth-order valence-corrected chi connectivity index (χ4v) is 4.58. The molecule has 2 aromatic rings. The molecule has 1 heterocycles. The lowest BCUT2D eigenvalue weighted by molar-refractivity contribution is -0.154. The molecule has 1 N–H and O–H groups in total. The molecule has 3 rings (SSSR count). The first-order chi connectivity index (χ1) is 18.9. The fourth-order valence-electron chi connectivity index (χ4n) is 4.58. The number of ether oxygens (including phenoxy) is 6. The van der Waals surface area contributed by atoms with E-state index in [1.807, 2.05) is 0 Å². The summed E-state index contributed by atoms with van der Waals surface area (Å²) in [6.07, 6.45) is -0.463. The van der Waals surface area contributed by atoms with Gasteiger partial charge in [0.25, 0.3) is 0 Å². The normalized spacial score (nSPS) is 15.3. The van der Waals surface area contributed by atoms with Gasteiger partial charge in [0.15, 0.2) is 23.0 Å². The number of esters is 1. The molecule has 0 radical (unpaired) electrons. The summed E-state index contributed by atoms with van der Waals surface area (Å²) in [5.41, 5.74) is 1.53. The summed E-state index contributed by atoms with van der Waals surface area (Å²) >= 11 is 0. The van der Waals surface area contributed by atoms with Crippen LogP contribution in [-0.2, 0) is 38.4 Å². The van der Waals surface area contributed by atoms with Crippen molar-refractivity contribution in [2.75, 3.05) is 35.5 Å². The number of fused-ring (bicyclic) bond motifs is 1. The van der Waals surface area contributed by atoms with Crippen LogP contribution in [-0.4, -0.2) is 76.1 Å². The van der Waals surface area contributed by atoms with Gasteiger partial charge in [0.1, 0.15) is 17.7 Å². The minimum atomic E-state index is -1.07. The molecule has 0 bridgehead atoms. The van der Waals surface area contributed by atoms with Crippen molar-refractivity contribution in [3.63, 3.8) is 0 Å². The zero-order valence-corrected chi connectivity index (χ0v) is 24.3. The highest BCUT2D eigenvalue weighted by Gasteiger charge is 2.39. The molecular formula is C29H38N2O9. The topological polar surface area (TPSA) is 122 Å². The van der Waals surface area contributed by atoms with Gasteiger partial charge >= 0.3 is 12.1 Å². The lowest BCUT2D eigenvalue weighted by Gasteiger charge is -2.37. The molecule has 2 amide bonds. The third kappa shape index (κ3) is 7.08. The summed E-state index contributed by atoms with van der Waals surface area (Å²) in [5, 5.41) is 2.71. The molecule has 0 saturated carbocycles. The lowest BCUT2D eigenvalue weighted by Crippen LogP contribution is -2.56. The van der Waals surface area contributed by atoms with E-state index in [9.17, 15) is 14.4 Å². The number of benzene rings is 2. The molecule has 0 aliphatic carbocycles. The van der Waals surface area contributed by atoms with E-state index in [1.54, 1.807) is 51.1 Å². The molecule has 0 unspecified atom stereocenters. The van der Waals surface area contributed by atoms with Crippen LogP contribution in [0.3, 0.4) is 0 Å². The number of amides is 2. The number of nitrogens with one attached hydrogen (secondary N) is 1. The SMILES string of the molecule is COC(=O)[C@@H]1Cc2cc(OC)c(OC)cc2CN1C(=O)[C@H](Cc1ccc(OC)c(OC)c1)NC(=O)OC(C)(C)C. The Bertz CT molecular complexity index is 1240. The summed E-state index contributed by atoms with van der Waals surface area (Å²) in [5.74, 6) is 0.967. The van der Waals surface area contributed by atoms with Crippen molar-refractivity contribution in [2.24, 2.45) is 0 Å². The van der Waals surface area contributed by atoms with E-state index in [1.165, 1.54) is 40.4 Å². The van der Waals surface area contributed by atoms with Crippen molar-refractivity contribution < 1.29 is 42.8 Å². The monoisotopic (exact) mass is 558 g/mol. The third-order valence-corrected chi connectivity index (χ3v) is 6.47. The predicted octanol–water partition coefficient (Wildman–Crippen LogP) is 3.28. The molecule has 218 valence electrons. The first-order valence-corrected chi connectivity index (χ1v) is 12.8. The number of alkyl carbamates (subject to hydrolysis) is 1. The number of hydrogen-bond donors (Lipinski definition) is 1. The molecule has 11 nitrogen and oxygen atoms in total. The Balaban J connectivity index is 2.01. The van der Waals surface area contributed by atoms with Crippen molar-refractivity contribution in [1.82, 2.24) is 10.2 Å². The van der Waals surface area contributed by atoms with Crippen molar-refractivity contribution in [3.05, 3.63) is 47.0 Å². The van der Waals surface area contributed by atoms with E-state index in [0.717, 1.165) is 11.1 Å². The van der Waals surface area contributed by atoms with Gasteiger partial charge in [0, 0.05) is 19.4 Å². The second-order valence-corrected chi connectivity index (χ2v) is 10.3. The van der Waals surface area contributed by atoms with Gasteiger partial charge in [-0.2, -0.15) is 0 Å². The number of hydrogen-bond acceptors (Lipinski definition) is 9. The Kier molecular flexibility index (Phi) is 9.73. The Hall–Kier alpha value is -4.15. The highest BCUT2D eigenvalue weighted by atomic mass is 16.6. The van der Waals surface area contributed by atoms with Crippen LogP contribution in [0.2, 0.25) is 0 Å². The smallest absolute Gasteiger partial charge is 0.408 e. The van der Waals surface area contributed by atoms with Crippen molar-refractivity contribution >= 4 is 18.0 Å². The van der Waals surface area contributed by atoms with Crippen LogP contribution in [0.5, 0.6) is 23.0 Å². The molecule has 0 spiro atoms. The average Bonchev–Trinajstić information content (AvgIpc) is 2.93. The maximum Gasteiger partial charge on any atom is 0.408 e. The van der Waals surface area contributed by atoms with E-state index in [-0.39, 0.29) is 19.4 Å². The molecule has 40 heavy (non-hydrogen) atoms. The van der Waals surface area contributed by atoms with E-state index >= 15 is 0 Å². The van der Waals surface area contributed by atoms with Crippen molar-refractivity contribution in [3.8, 4) is 23.0 Å². The number of carbonyl (C=O) groups is 3. The van der Waals surface area contributed by atoms with Crippen LogP contribution in [0.25, 0.3) is 0 Å². The Morgan fingerprint density at radius 3 is 2.00 bits per heavy atom. The van der Waals surface area contributed by atoms with Crippen LogP contribution in [0, 0.1) is 0 Å². The molecule has 2 atom stereocenters. The summed E-state index contributed by atoms with van der Waals surface area (Å²) in [4.78, 5) is 41.3. The number of nitrogens with zero attached hydrogens (tertiary/aromatic N) is 1. The van der Waals surface area contributed by atoms with Gasteiger partial charge in [0.05, 0.1) is 35.5 Å². The fraction of sp³-hybridized carbons (Fsp3) is 0.483. The van der Waals surface area contributed by atoms with Crippen molar-refractivity contribution in [2.45, 2.75) is 57.8 Å². The van der Waals surface area contributed by atoms with Crippen LogP contribution in [0.1, 0.15) is 37.5 Å². The largest absolute Gasteiger partial charge is 0.493 e. The van der Waals surface area contributed by atoms with Gasteiger partial charge in [0.2, 0.25) is 5.91 Å². The minimum Gasteiger partial charge on any atom is -0.493 e. The number of rotatable bonds is 9. The first-order valence-electron chi connectivity index (χ1n) is 12.8. The second kappa shape index (κ2) is 12.8. The summed E-state index contributed by atoms with van der Waals surface area (Å²) in [6.45, 7) is 5.28. The standard InChI is InChI=1S/C29H38N2O9/c1-29(2,3)40-28(34)30-20(11-17-9-10-22(35-4)23(12-17)36-5)26(32)31-16-19-15-25(38-7)24(37-6)14-18(19)13-21(31)27(33)39-8/h9-10,12,14-15,20-21H,11,13,16H2,1-8H3,(H,30,34)/t20-,21-/m0/s1. The van der Waals surface area contributed by atoms with E-state index < -0.39 is 35.7 Å². The molecule has 1 aliphatic rings. The average molecular weight is 559 g/mol. The second-order valence-electron chi connectivity index (χ2n) is 10.3. The zero-order chi connectivity index (χ0) is 29.6. The number of methoxy groups -OCH3 is 5. The summed E-state index contributed by atoms with van der Waals surface area (Å²) < 4.78 is 32.1.